The van der Waals surface area contributed by atoms with E-state index in [9.17, 15) is 0 Å². The minimum atomic E-state index is 0.239. The number of benzene rings is 1. The molecule has 5 heteroatoms. The van der Waals surface area contributed by atoms with Crippen molar-refractivity contribution in [1.29, 1.82) is 0 Å². The second-order valence-electron chi connectivity index (χ2n) is 4.27. The van der Waals surface area contributed by atoms with Crippen LogP contribution < -0.4 is 11.1 Å². The van der Waals surface area contributed by atoms with Gasteiger partial charge in [-0.2, -0.15) is 0 Å². The van der Waals surface area contributed by atoms with Crippen molar-refractivity contribution >= 4 is 22.7 Å². The van der Waals surface area contributed by atoms with E-state index in [1.54, 1.807) is 7.11 Å². The number of nitrogens with two attached hydrogens (primary N) is 1. The first kappa shape index (κ1) is 12.6. The van der Waals surface area contributed by atoms with Crippen LogP contribution in [0.3, 0.4) is 0 Å². The van der Waals surface area contributed by atoms with E-state index < -0.39 is 0 Å². The standard InChI is InChI=1S/C13H18N4O/c1-9(7-8-18-2)15-13-12(14)16-10-5-3-4-6-11(10)17-13/h3-6,9H,7-8H2,1-2H3,(H2,14,16)(H,15,17). The quantitative estimate of drug-likeness (QED) is 0.844. The molecule has 0 saturated carbocycles. The molecule has 1 aromatic carbocycles. The van der Waals surface area contributed by atoms with Crippen LogP contribution in [0.2, 0.25) is 0 Å². The van der Waals surface area contributed by atoms with Crippen LogP contribution in [0.1, 0.15) is 13.3 Å². The molecule has 1 heterocycles. The molecule has 0 amide bonds. The number of nitrogen functional groups attached to an aromatic ring is 1. The molecule has 0 bridgehead atoms. The Morgan fingerprint density at radius 1 is 1.28 bits per heavy atom. The van der Waals surface area contributed by atoms with Gasteiger partial charge < -0.3 is 15.8 Å². The van der Waals surface area contributed by atoms with Gasteiger partial charge >= 0.3 is 0 Å². The summed E-state index contributed by atoms with van der Waals surface area (Å²) in [6, 6.07) is 7.92. The van der Waals surface area contributed by atoms with Gasteiger partial charge in [0, 0.05) is 19.8 Å². The maximum Gasteiger partial charge on any atom is 0.169 e. The van der Waals surface area contributed by atoms with E-state index in [2.05, 4.69) is 22.2 Å². The molecule has 1 unspecified atom stereocenters. The fourth-order valence-electron chi connectivity index (χ4n) is 1.72. The third-order valence-electron chi connectivity index (χ3n) is 2.74. The summed E-state index contributed by atoms with van der Waals surface area (Å²) in [5.41, 5.74) is 7.55. The maximum absolute atomic E-state index is 5.90. The molecular weight excluding hydrogens is 228 g/mol. The van der Waals surface area contributed by atoms with Crippen molar-refractivity contribution in [2.24, 2.45) is 0 Å². The largest absolute Gasteiger partial charge is 0.385 e. The van der Waals surface area contributed by atoms with Crippen molar-refractivity contribution in [2.45, 2.75) is 19.4 Å². The van der Waals surface area contributed by atoms with Crippen LogP contribution in [0, 0.1) is 0 Å². The lowest BCUT2D eigenvalue weighted by Gasteiger charge is -2.15. The highest BCUT2D eigenvalue weighted by Crippen LogP contribution is 2.19. The van der Waals surface area contributed by atoms with E-state index in [4.69, 9.17) is 10.5 Å². The first-order chi connectivity index (χ1) is 8.70. The highest BCUT2D eigenvalue weighted by atomic mass is 16.5. The molecule has 0 aliphatic rings. The molecule has 18 heavy (non-hydrogen) atoms. The van der Waals surface area contributed by atoms with Crippen molar-refractivity contribution in [3.8, 4) is 0 Å². The number of ether oxygens (including phenoxy) is 1. The molecule has 5 nitrogen and oxygen atoms in total. The minimum absolute atomic E-state index is 0.239. The molecule has 0 radical (unpaired) electrons. The molecule has 2 aromatic rings. The number of hydrogen-bond donors (Lipinski definition) is 2. The summed E-state index contributed by atoms with van der Waals surface area (Å²) in [6.07, 6.45) is 0.893. The Labute approximate surface area is 106 Å². The number of nitrogens with one attached hydrogen (secondary N) is 1. The molecule has 0 fully saturated rings. The monoisotopic (exact) mass is 246 g/mol. The predicted octanol–water partition coefficient (Wildman–Crippen LogP) is 2.05. The number of rotatable bonds is 5. The topological polar surface area (TPSA) is 73.1 Å². The molecule has 3 N–H and O–H groups in total. The zero-order valence-corrected chi connectivity index (χ0v) is 10.7. The summed E-state index contributed by atoms with van der Waals surface area (Å²) >= 11 is 0. The Bertz CT molecular complexity index is 529. The van der Waals surface area contributed by atoms with Gasteiger partial charge in [0.1, 0.15) is 0 Å². The predicted molar refractivity (Wildman–Crippen MR) is 73.5 cm³/mol. The third-order valence-corrected chi connectivity index (χ3v) is 2.74. The Morgan fingerprint density at radius 3 is 2.61 bits per heavy atom. The summed E-state index contributed by atoms with van der Waals surface area (Å²) < 4.78 is 5.04. The van der Waals surface area contributed by atoms with Crippen LogP contribution >= 0.6 is 0 Å². The second kappa shape index (κ2) is 5.64. The Balaban J connectivity index is 2.19. The molecule has 0 aliphatic carbocycles. The van der Waals surface area contributed by atoms with Crippen LogP contribution in [-0.2, 0) is 4.74 Å². The van der Waals surface area contributed by atoms with Gasteiger partial charge in [-0.1, -0.05) is 12.1 Å². The van der Waals surface area contributed by atoms with Gasteiger partial charge in [-0.3, -0.25) is 0 Å². The number of aromatic nitrogens is 2. The minimum Gasteiger partial charge on any atom is -0.385 e. The molecule has 96 valence electrons. The van der Waals surface area contributed by atoms with Crippen molar-refractivity contribution in [3.63, 3.8) is 0 Å². The number of fused-ring (bicyclic) bond motifs is 1. The summed E-state index contributed by atoms with van der Waals surface area (Å²) in [5, 5.41) is 3.26. The number of methoxy groups -OCH3 is 1. The first-order valence-corrected chi connectivity index (χ1v) is 5.98. The van der Waals surface area contributed by atoms with E-state index >= 15 is 0 Å². The number of hydrogen-bond acceptors (Lipinski definition) is 5. The Kier molecular flexibility index (Phi) is 3.94. The smallest absolute Gasteiger partial charge is 0.169 e. The Hall–Kier alpha value is -1.88. The zero-order chi connectivity index (χ0) is 13.0. The molecule has 2 rings (SSSR count). The summed E-state index contributed by atoms with van der Waals surface area (Å²) in [6.45, 7) is 2.77. The van der Waals surface area contributed by atoms with Gasteiger partial charge in [0.25, 0.3) is 0 Å². The van der Waals surface area contributed by atoms with Gasteiger partial charge in [-0.25, -0.2) is 9.97 Å². The van der Waals surface area contributed by atoms with Gasteiger partial charge in [-0.05, 0) is 25.5 Å². The van der Waals surface area contributed by atoms with Gasteiger partial charge in [0.15, 0.2) is 11.6 Å². The highest BCUT2D eigenvalue weighted by molar-refractivity contribution is 5.79. The van der Waals surface area contributed by atoms with Crippen molar-refractivity contribution < 1.29 is 4.74 Å². The average Bonchev–Trinajstić information content (AvgIpc) is 2.37. The fourth-order valence-corrected chi connectivity index (χ4v) is 1.72. The van der Waals surface area contributed by atoms with Crippen molar-refractivity contribution in [2.75, 3.05) is 24.8 Å². The number of para-hydroxylation sites is 2. The Morgan fingerprint density at radius 2 is 1.94 bits per heavy atom. The number of nitrogens with zero attached hydrogens (tertiary/aromatic N) is 2. The van der Waals surface area contributed by atoms with E-state index in [0.29, 0.717) is 18.2 Å². The molecular formula is C13H18N4O. The normalized spacial score (nSPS) is 12.6. The van der Waals surface area contributed by atoms with Crippen molar-refractivity contribution in [3.05, 3.63) is 24.3 Å². The average molecular weight is 246 g/mol. The summed E-state index contributed by atoms with van der Waals surface area (Å²) in [7, 11) is 1.69. The van der Waals surface area contributed by atoms with Gasteiger partial charge in [0.05, 0.1) is 11.0 Å². The second-order valence-corrected chi connectivity index (χ2v) is 4.27. The van der Waals surface area contributed by atoms with E-state index in [-0.39, 0.29) is 6.04 Å². The maximum atomic E-state index is 5.90. The van der Waals surface area contributed by atoms with Crippen molar-refractivity contribution in [1.82, 2.24) is 9.97 Å². The molecule has 0 saturated heterocycles. The van der Waals surface area contributed by atoms with E-state index in [1.165, 1.54) is 0 Å². The number of anilines is 2. The van der Waals surface area contributed by atoms with E-state index in [0.717, 1.165) is 17.5 Å². The SMILES string of the molecule is COCCC(C)Nc1nc2ccccc2nc1N. The first-order valence-electron chi connectivity index (χ1n) is 5.98. The van der Waals surface area contributed by atoms with Gasteiger partial charge in [0.2, 0.25) is 0 Å². The van der Waals surface area contributed by atoms with Crippen LogP contribution in [0.5, 0.6) is 0 Å². The molecule has 0 spiro atoms. The molecule has 1 aromatic heterocycles. The fraction of sp³-hybridized carbons (Fsp3) is 0.385. The van der Waals surface area contributed by atoms with Gasteiger partial charge in [-0.15, -0.1) is 0 Å². The summed E-state index contributed by atoms with van der Waals surface area (Å²) in [5.74, 6) is 1.07. The molecule has 1 atom stereocenters. The zero-order valence-electron chi connectivity index (χ0n) is 10.7. The summed E-state index contributed by atoms with van der Waals surface area (Å²) in [4.78, 5) is 8.81. The highest BCUT2D eigenvalue weighted by Gasteiger charge is 2.08. The lowest BCUT2D eigenvalue weighted by atomic mass is 10.2. The third kappa shape index (κ3) is 2.87. The lowest BCUT2D eigenvalue weighted by Crippen LogP contribution is -2.19. The van der Waals surface area contributed by atoms with Crippen LogP contribution in [0.25, 0.3) is 11.0 Å². The van der Waals surface area contributed by atoms with Crippen LogP contribution in [0.4, 0.5) is 11.6 Å². The van der Waals surface area contributed by atoms with Crippen LogP contribution in [-0.4, -0.2) is 29.7 Å². The molecule has 0 aliphatic heterocycles. The van der Waals surface area contributed by atoms with Crippen LogP contribution in [0.15, 0.2) is 24.3 Å². The lowest BCUT2D eigenvalue weighted by molar-refractivity contribution is 0.191. The van der Waals surface area contributed by atoms with E-state index in [1.807, 2.05) is 24.3 Å².